The largest absolute Gasteiger partial charge is 0.469 e. The molecule has 0 saturated carbocycles. The van der Waals surface area contributed by atoms with Gasteiger partial charge in [-0.25, -0.2) is 0 Å². The fourth-order valence-corrected chi connectivity index (χ4v) is 1.40. The number of carbonyl (C=O) groups excluding carboxylic acids is 2. The summed E-state index contributed by atoms with van der Waals surface area (Å²) < 4.78 is 5.03. The predicted octanol–water partition coefficient (Wildman–Crippen LogP) is 1.23. The van der Waals surface area contributed by atoms with Gasteiger partial charge in [0.1, 0.15) is 5.76 Å². The summed E-state index contributed by atoms with van der Waals surface area (Å²) in [6.45, 7) is 5.83. The van der Waals surface area contributed by atoms with E-state index in [-0.39, 0.29) is 24.3 Å². The minimum Gasteiger partial charge on any atom is -0.469 e. The number of rotatable bonds is 5. The molecule has 2 N–H and O–H groups in total. The van der Waals surface area contributed by atoms with E-state index in [1.807, 2.05) is 13.8 Å². The summed E-state index contributed by atoms with van der Waals surface area (Å²) in [6.07, 6.45) is 1.75. The van der Waals surface area contributed by atoms with Gasteiger partial charge >= 0.3 is 0 Å². The Hall–Kier alpha value is -1.78. The second kappa shape index (κ2) is 6.08. The lowest BCUT2D eigenvalue weighted by Crippen LogP contribution is -2.34. The maximum atomic E-state index is 11.6. The first-order valence-corrected chi connectivity index (χ1v) is 5.62. The molecule has 0 unspecified atom stereocenters. The average Bonchev–Trinajstić information content (AvgIpc) is 2.63. The van der Waals surface area contributed by atoms with Crippen molar-refractivity contribution < 1.29 is 14.0 Å². The highest BCUT2D eigenvalue weighted by Gasteiger charge is 2.11. The standard InChI is InChI=1S/C12H18N2O3/c1-8(2)14-11(15)4-6-13-12(16)10-5-7-17-9(10)3/h5,7-8H,4,6H2,1-3H3,(H,13,16)(H,14,15). The van der Waals surface area contributed by atoms with Gasteiger partial charge in [-0.2, -0.15) is 0 Å². The molecule has 17 heavy (non-hydrogen) atoms. The van der Waals surface area contributed by atoms with Crippen molar-refractivity contribution in [2.24, 2.45) is 0 Å². The van der Waals surface area contributed by atoms with Gasteiger partial charge in [0.05, 0.1) is 11.8 Å². The summed E-state index contributed by atoms with van der Waals surface area (Å²) in [5, 5.41) is 5.42. The van der Waals surface area contributed by atoms with Crippen LogP contribution in [0.4, 0.5) is 0 Å². The first-order valence-electron chi connectivity index (χ1n) is 5.62. The Morgan fingerprint density at radius 3 is 2.65 bits per heavy atom. The Morgan fingerprint density at radius 2 is 2.12 bits per heavy atom. The first kappa shape index (κ1) is 13.3. The SMILES string of the molecule is Cc1occc1C(=O)NCCC(=O)NC(C)C. The molecule has 1 aromatic heterocycles. The van der Waals surface area contributed by atoms with E-state index in [1.54, 1.807) is 13.0 Å². The minimum absolute atomic E-state index is 0.0655. The molecule has 2 amide bonds. The third-order valence-electron chi connectivity index (χ3n) is 2.19. The van der Waals surface area contributed by atoms with Crippen LogP contribution in [0, 0.1) is 6.92 Å². The van der Waals surface area contributed by atoms with Gasteiger partial charge in [0, 0.05) is 19.0 Å². The van der Waals surface area contributed by atoms with Gasteiger partial charge in [0.25, 0.3) is 5.91 Å². The summed E-state index contributed by atoms with van der Waals surface area (Å²) >= 11 is 0. The quantitative estimate of drug-likeness (QED) is 0.810. The van der Waals surface area contributed by atoms with Crippen LogP contribution in [0.15, 0.2) is 16.7 Å². The molecule has 0 spiro atoms. The Balaban J connectivity index is 2.30. The predicted molar refractivity (Wildman–Crippen MR) is 63.7 cm³/mol. The zero-order valence-electron chi connectivity index (χ0n) is 10.4. The molecule has 0 atom stereocenters. The lowest BCUT2D eigenvalue weighted by molar-refractivity contribution is -0.121. The maximum absolute atomic E-state index is 11.6. The second-order valence-electron chi connectivity index (χ2n) is 4.12. The number of furan rings is 1. The molecular formula is C12H18N2O3. The molecule has 5 nitrogen and oxygen atoms in total. The van der Waals surface area contributed by atoms with E-state index in [0.717, 1.165) is 0 Å². The van der Waals surface area contributed by atoms with Gasteiger partial charge in [-0.15, -0.1) is 0 Å². The molecule has 1 rings (SSSR count). The number of carbonyl (C=O) groups is 2. The van der Waals surface area contributed by atoms with Gasteiger partial charge in [-0.05, 0) is 26.8 Å². The smallest absolute Gasteiger partial charge is 0.254 e. The lowest BCUT2D eigenvalue weighted by atomic mass is 10.2. The number of nitrogens with one attached hydrogen (secondary N) is 2. The minimum atomic E-state index is -0.214. The number of amides is 2. The van der Waals surface area contributed by atoms with E-state index in [1.165, 1.54) is 6.26 Å². The highest BCUT2D eigenvalue weighted by Crippen LogP contribution is 2.07. The fraction of sp³-hybridized carbons (Fsp3) is 0.500. The van der Waals surface area contributed by atoms with Crippen molar-refractivity contribution in [2.75, 3.05) is 6.54 Å². The van der Waals surface area contributed by atoms with Crippen LogP contribution in [-0.2, 0) is 4.79 Å². The van der Waals surface area contributed by atoms with Crippen LogP contribution < -0.4 is 10.6 Å². The van der Waals surface area contributed by atoms with E-state index in [0.29, 0.717) is 17.9 Å². The molecule has 1 heterocycles. The highest BCUT2D eigenvalue weighted by atomic mass is 16.3. The molecule has 0 bridgehead atoms. The van der Waals surface area contributed by atoms with E-state index < -0.39 is 0 Å². The first-order chi connectivity index (χ1) is 8.00. The van der Waals surface area contributed by atoms with Gasteiger partial charge in [-0.1, -0.05) is 0 Å². The molecule has 0 radical (unpaired) electrons. The summed E-state index contributed by atoms with van der Waals surface area (Å²) in [5.74, 6) is 0.298. The van der Waals surface area contributed by atoms with Crippen molar-refractivity contribution in [1.82, 2.24) is 10.6 Å². The van der Waals surface area contributed by atoms with E-state index in [4.69, 9.17) is 4.42 Å². The van der Waals surface area contributed by atoms with Crippen molar-refractivity contribution in [2.45, 2.75) is 33.2 Å². The fourth-order valence-electron chi connectivity index (χ4n) is 1.40. The van der Waals surface area contributed by atoms with Crippen LogP contribution in [-0.4, -0.2) is 24.4 Å². The van der Waals surface area contributed by atoms with E-state index in [9.17, 15) is 9.59 Å². The molecule has 0 aliphatic rings. The topological polar surface area (TPSA) is 71.3 Å². The molecule has 0 aromatic carbocycles. The Labute approximate surface area is 101 Å². The van der Waals surface area contributed by atoms with Crippen LogP contribution in [0.5, 0.6) is 0 Å². The third kappa shape index (κ3) is 4.30. The summed E-state index contributed by atoms with van der Waals surface area (Å²) in [5.41, 5.74) is 0.509. The normalized spacial score (nSPS) is 10.4. The number of aryl methyl sites for hydroxylation is 1. The monoisotopic (exact) mass is 238 g/mol. The van der Waals surface area contributed by atoms with Gasteiger partial charge < -0.3 is 15.1 Å². The van der Waals surface area contributed by atoms with Gasteiger partial charge in [0.2, 0.25) is 5.91 Å². The Bertz CT molecular complexity index is 396. The Morgan fingerprint density at radius 1 is 1.41 bits per heavy atom. The van der Waals surface area contributed by atoms with E-state index in [2.05, 4.69) is 10.6 Å². The molecule has 1 aromatic rings. The van der Waals surface area contributed by atoms with Crippen LogP contribution in [0.2, 0.25) is 0 Å². The molecule has 0 fully saturated rings. The lowest BCUT2D eigenvalue weighted by Gasteiger charge is -2.08. The van der Waals surface area contributed by atoms with Crippen LogP contribution in [0.1, 0.15) is 36.4 Å². The van der Waals surface area contributed by atoms with Crippen molar-refractivity contribution in [1.29, 1.82) is 0 Å². The third-order valence-corrected chi connectivity index (χ3v) is 2.19. The maximum Gasteiger partial charge on any atom is 0.254 e. The van der Waals surface area contributed by atoms with Crippen molar-refractivity contribution in [3.05, 3.63) is 23.7 Å². The number of hydrogen-bond donors (Lipinski definition) is 2. The molecular weight excluding hydrogens is 220 g/mol. The molecule has 0 aliphatic carbocycles. The van der Waals surface area contributed by atoms with E-state index >= 15 is 0 Å². The van der Waals surface area contributed by atoms with Crippen molar-refractivity contribution >= 4 is 11.8 Å². The summed E-state index contributed by atoms with van der Waals surface area (Å²) in [7, 11) is 0. The molecule has 0 saturated heterocycles. The van der Waals surface area contributed by atoms with Crippen molar-refractivity contribution in [3.63, 3.8) is 0 Å². The highest BCUT2D eigenvalue weighted by molar-refractivity contribution is 5.95. The van der Waals surface area contributed by atoms with Gasteiger partial charge in [0.15, 0.2) is 0 Å². The zero-order valence-corrected chi connectivity index (χ0v) is 10.4. The van der Waals surface area contributed by atoms with Gasteiger partial charge in [-0.3, -0.25) is 9.59 Å². The Kier molecular flexibility index (Phi) is 4.75. The molecule has 5 heteroatoms. The molecule has 94 valence electrons. The molecule has 0 aliphatic heterocycles. The van der Waals surface area contributed by atoms with Crippen molar-refractivity contribution in [3.8, 4) is 0 Å². The summed E-state index contributed by atoms with van der Waals surface area (Å²) in [4.78, 5) is 22.9. The number of hydrogen-bond acceptors (Lipinski definition) is 3. The second-order valence-corrected chi connectivity index (χ2v) is 4.12. The van der Waals surface area contributed by atoms with Crippen LogP contribution in [0.3, 0.4) is 0 Å². The summed E-state index contributed by atoms with van der Waals surface area (Å²) in [6, 6.07) is 1.73. The van der Waals surface area contributed by atoms with Crippen LogP contribution >= 0.6 is 0 Å². The van der Waals surface area contributed by atoms with Crippen LogP contribution in [0.25, 0.3) is 0 Å². The average molecular weight is 238 g/mol. The zero-order chi connectivity index (χ0) is 12.8.